The maximum atomic E-state index is 14.2. The summed E-state index contributed by atoms with van der Waals surface area (Å²) in [7, 11) is 0. The van der Waals surface area contributed by atoms with Crippen LogP contribution in [0.4, 0.5) is 15.9 Å². The molecule has 1 aliphatic rings. The number of pyridine rings is 1. The molecular formula is C30H26FN5O4S. The zero-order valence-corrected chi connectivity index (χ0v) is 23.4. The summed E-state index contributed by atoms with van der Waals surface area (Å²) in [6, 6.07) is 15.5. The molecule has 0 spiro atoms. The molecule has 208 valence electrons. The fourth-order valence-electron chi connectivity index (χ4n) is 4.37. The van der Waals surface area contributed by atoms with E-state index in [2.05, 4.69) is 20.9 Å². The predicted molar refractivity (Wildman–Crippen MR) is 152 cm³/mol. The van der Waals surface area contributed by atoms with Crippen LogP contribution in [-0.4, -0.2) is 35.1 Å². The lowest BCUT2D eigenvalue weighted by Crippen LogP contribution is -2.25. The van der Waals surface area contributed by atoms with Crippen molar-refractivity contribution >= 4 is 23.3 Å². The number of ether oxygens (including phenoxy) is 3. The summed E-state index contributed by atoms with van der Waals surface area (Å²) in [5.74, 6) is 0.538. The van der Waals surface area contributed by atoms with E-state index in [9.17, 15) is 9.65 Å². The smallest absolute Gasteiger partial charge is 0.236 e. The van der Waals surface area contributed by atoms with E-state index in [0.717, 1.165) is 0 Å². The molecule has 1 saturated heterocycles. The first-order valence-electron chi connectivity index (χ1n) is 12.7. The van der Waals surface area contributed by atoms with Crippen LogP contribution in [0.15, 0.2) is 58.0 Å². The number of benzene rings is 2. The van der Waals surface area contributed by atoms with Crippen LogP contribution in [0.25, 0.3) is 27.4 Å². The van der Waals surface area contributed by atoms with Crippen molar-refractivity contribution in [2.24, 2.45) is 0 Å². The Morgan fingerprint density at radius 3 is 2.63 bits per heavy atom. The second kappa shape index (κ2) is 11.6. The third-order valence-electron chi connectivity index (χ3n) is 6.38. The van der Waals surface area contributed by atoms with Gasteiger partial charge in [0.2, 0.25) is 11.6 Å². The highest BCUT2D eigenvalue weighted by molar-refractivity contribution is 7.98. The summed E-state index contributed by atoms with van der Waals surface area (Å²) in [6.07, 6.45) is -0.181. The van der Waals surface area contributed by atoms with E-state index in [0.29, 0.717) is 46.6 Å². The Kier molecular flexibility index (Phi) is 7.95. The molecule has 9 nitrogen and oxygen atoms in total. The van der Waals surface area contributed by atoms with Crippen molar-refractivity contribution in [2.45, 2.75) is 43.4 Å². The average molecular weight is 572 g/mol. The normalized spacial score (nSPS) is 15.8. The lowest BCUT2D eigenvalue weighted by Gasteiger charge is -2.17. The fourth-order valence-corrected chi connectivity index (χ4v) is 5.37. The van der Waals surface area contributed by atoms with Crippen molar-refractivity contribution in [3.63, 3.8) is 0 Å². The molecule has 0 amide bonds. The number of thioether (sulfide) groups is 1. The number of rotatable bonds is 8. The summed E-state index contributed by atoms with van der Waals surface area (Å²) in [5.41, 5.74) is 8.35. The van der Waals surface area contributed by atoms with Gasteiger partial charge in [-0.3, -0.25) is 0 Å². The Morgan fingerprint density at radius 2 is 1.98 bits per heavy atom. The quantitative estimate of drug-likeness (QED) is 0.182. The average Bonchev–Trinajstić information content (AvgIpc) is 3.51. The molecule has 0 unspecified atom stereocenters. The number of hydrogen-bond acceptors (Lipinski definition) is 9. The number of aryl methyl sites for hydroxylation is 1. The molecule has 11 heteroatoms. The van der Waals surface area contributed by atoms with Gasteiger partial charge in [0.25, 0.3) is 0 Å². The molecule has 0 aliphatic carbocycles. The lowest BCUT2D eigenvalue weighted by molar-refractivity contribution is -0.141. The SMILES string of the molecule is [C-]#[N+]c1c(N)nc(SCc2nc(-c3ccccc3F)oc2C)c(C#N)c1-c1ccc(OC[C@H]2COC(C)(C)O2)cc1. The molecule has 0 bridgehead atoms. The Balaban J connectivity index is 1.38. The standard InChI is InChI=1S/C30H26FN5O4S/c1-17-24(35-28(39-17)21-7-5-6-8-23(21)31)16-41-29-22(13-32)25(26(34-4)27(33)36-29)18-9-11-19(12-10-18)37-14-20-15-38-30(2,3)40-20/h5-12,20H,14-16H2,1-3H3,(H2,33,36)/t20-/m0/s1. The van der Waals surface area contributed by atoms with Crippen LogP contribution >= 0.6 is 11.8 Å². The first-order chi connectivity index (χ1) is 19.7. The summed E-state index contributed by atoms with van der Waals surface area (Å²) in [5, 5.41) is 10.5. The van der Waals surface area contributed by atoms with Crippen LogP contribution in [0.1, 0.15) is 30.9 Å². The molecule has 2 aromatic carbocycles. The van der Waals surface area contributed by atoms with Gasteiger partial charge >= 0.3 is 0 Å². The van der Waals surface area contributed by atoms with Crippen LogP contribution in [-0.2, 0) is 15.2 Å². The first-order valence-corrected chi connectivity index (χ1v) is 13.7. The topological polar surface area (TPSA) is 121 Å². The number of nitrogens with zero attached hydrogens (tertiary/aromatic N) is 4. The number of nitriles is 1. The largest absolute Gasteiger partial charge is 0.491 e. The molecule has 41 heavy (non-hydrogen) atoms. The summed E-state index contributed by atoms with van der Waals surface area (Å²) < 4.78 is 37.2. The lowest BCUT2D eigenvalue weighted by atomic mass is 10.00. The molecular weight excluding hydrogens is 545 g/mol. The van der Waals surface area contributed by atoms with Crippen LogP contribution in [0, 0.1) is 30.6 Å². The van der Waals surface area contributed by atoms with Crippen LogP contribution in [0.3, 0.4) is 0 Å². The van der Waals surface area contributed by atoms with Crippen molar-refractivity contribution in [1.82, 2.24) is 9.97 Å². The van der Waals surface area contributed by atoms with E-state index in [-0.39, 0.29) is 40.4 Å². The van der Waals surface area contributed by atoms with Gasteiger partial charge in [0.15, 0.2) is 5.79 Å². The van der Waals surface area contributed by atoms with Gasteiger partial charge in [0.05, 0.1) is 30.0 Å². The van der Waals surface area contributed by atoms with Crippen LogP contribution in [0.2, 0.25) is 0 Å². The van der Waals surface area contributed by atoms with Crippen molar-refractivity contribution in [1.29, 1.82) is 5.26 Å². The van der Waals surface area contributed by atoms with E-state index in [1.54, 1.807) is 49.4 Å². The minimum Gasteiger partial charge on any atom is -0.491 e. The summed E-state index contributed by atoms with van der Waals surface area (Å²) in [6.45, 7) is 13.9. The second-order valence-electron chi connectivity index (χ2n) is 9.70. The van der Waals surface area contributed by atoms with E-state index in [1.165, 1.54) is 17.8 Å². The Bertz CT molecular complexity index is 1670. The fraction of sp³-hybridized carbons (Fsp3) is 0.267. The van der Waals surface area contributed by atoms with Gasteiger partial charge in [-0.25, -0.2) is 19.2 Å². The molecule has 4 aromatic rings. The number of aromatic nitrogens is 2. The molecule has 1 fully saturated rings. The van der Waals surface area contributed by atoms with Gasteiger partial charge in [-0.2, -0.15) is 5.26 Å². The molecule has 3 heterocycles. The molecule has 5 rings (SSSR count). The van der Waals surface area contributed by atoms with E-state index < -0.39 is 11.6 Å². The third-order valence-corrected chi connectivity index (χ3v) is 7.36. The Hall–Kier alpha value is -4.42. The maximum Gasteiger partial charge on any atom is 0.236 e. The maximum absolute atomic E-state index is 14.2. The van der Waals surface area contributed by atoms with E-state index >= 15 is 0 Å². The summed E-state index contributed by atoms with van der Waals surface area (Å²) in [4.78, 5) is 12.4. The van der Waals surface area contributed by atoms with Crippen LogP contribution < -0.4 is 10.5 Å². The molecule has 2 aromatic heterocycles. The van der Waals surface area contributed by atoms with Gasteiger partial charge in [-0.15, -0.1) is 0 Å². The second-order valence-corrected chi connectivity index (χ2v) is 10.7. The molecule has 1 atom stereocenters. The number of anilines is 1. The van der Waals surface area contributed by atoms with E-state index in [4.69, 9.17) is 30.9 Å². The highest BCUT2D eigenvalue weighted by Crippen LogP contribution is 2.42. The van der Waals surface area contributed by atoms with Crippen molar-refractivity contribution in [3.05, 3.63) is 82.8 Å². The Labute approximate surface area is 240 Å². The highest BCUT2D eigenvalue weighted by Gasteiger charge is 2.33. The number of oxazole rings is 1. The highest BCUT2D eigenvalue weighted by atomic mass is 32.2. The molecule has 0 radical (unpaired) electrons. The van der Waals surface area contributed by atoms with Crippen LogP contribution in [0.5, 0.6) is 5.75 Å². The zero-order chi connectivity index (χ0) is 29.1. The molecule has 1 aliphatic heterocycles. The molecule has 2 N–H and O–H groups in total. The van der Waals surface area contributed by atoms with Gasteiger partial charge in [-0.1, -0.05) is 36.0 Å². The third kappa shape index (κ3) is 6.03. The first kappa shape index (κ1) is 28.1. The monoisotopic (exact) mass is 571 g/mol. The molecule has 0 saturated carbocycles. The predicted octanol–water partition coefficient (Wildman–Crippen LogP) is 6.68. The zero-order valence-electron chi connectivity index (χ0n) is 22.6. The number of nitrogens with two attached hydrogens (primary N) is 1. The number of hydrogen-bond donors (Lipinski definition) is 1. The summed E-state index contributed by atoms with van der Waals surface area (Å²) >= 11 is 1.24. The number of halogens is 1. The van der Waals surface area contributed by atoms with Gasteiger partial charge in [-0.05, 0) is 50.6 Å². The van der Waals surface area contributed by atoms with Crippen molar-refractivity contribution in [2.75, 3.05) is 18.9 Å². The van der Waals surface area contributed by atoms with Crippen molar-refractivity contribution < 1.29 is 23.0 Å². The minimum absolute atomic E-state index is 0.0155. The minimum atomic E-state index is -0.632. The van der Waals surface area contributed by atoms with Gasteiger partial charge in [0.1, 0.15) is 47.0 Å². The van der Waals surface area contributed by atoms with Gasteiger partial charge in [0, 0.05) is 11.3 Å². The number of nitrogen functional groups attached to an aromatic ring is 1. The Morgan fingerprint density at radius 1 is 1.22 bits per heavy atom. The van der Waals surface area contributed by atoms with E-state index in [1.807, 2.05) is 13.8 Å². The van der Waals surface area contributed by atoms with Gasteiger partial charge < -0.3 is 24.4 Å². The van der Waals surface area contributed by atoms with Crippen molar-refractivity contribution in [3.8, 4) is 34.4 Å².